The van der Waals surface area contributed by atoms with Gasteiger partial charge >= 0.3 is 0 Å². The van der Waals surface area contributed by atoms with Crippen LogP contribution >= 0.6 is 11.3 Å². The molecule has 0 aliphatic rings. The van der Waals surface area contributed by atoms with Crippen molar-refractivity contribution in [3.05, 3.63) is 77.2 Å². The molecule has 0 aliphatic heterocycles. The number of benzene rings is 2. The zero-order valence-corrected chi connectivity index (χ0v) is 14.8. The van der Waals surface area contributed by atoms with E-state index in [1.807, 2.05) is 48.5 Å². The van der Waals surface area contributed by atoms with E-state index < -0.39 is 5.91 Å². The molecule has 0 saturated heterocycles. The fourth-order valence-corrected chi connectivity index (χ4v) is 3.28. The first-order chi connectivity index (χ1) is 12.6. The summed E-state index contributed by atoms with van der Waals surface area (Å²) in [6.07, 6.45) is 0. The van der Waals surface area contributed by atoms with E-state index in [2.05, 4.69) is 5.32 Å². The van der Waals surface area contributed by atoms with Crippen LogP contribution in [-0.4, -0.2) is 25.0 Å². The SMILES string of the molecule is NC(=O)c1ccc(-c2ccc(C(=O)NCCOc3ccccc3)s2)cc1. The first kappa shape index (κ1) is 17.7. The molecule has 6 heteroatoms. The van der Waals surface area contributed by atoms with Gasteiger partial charge in [0.1, 0.15) is 12.4 Å². The van der Waals surface area contributed by atoms with Crippen molar-refractivity contribution in [2.45, 2.75) is 0 Å². The van der Waals surface area contributed by atoms with Crippen LogP contribution in [-0.2, 0) is 0 Å². The third-order valence-corrected chi connectivity index (χ3v) is 4.82. The number of primary amides is 1. The van der Waals surface area contributed by atoms with Crippen LogP contribution in [0.4, 0.5) is 0 Å². The van der Waals surface area contributed by atoms with E-state index in [0.717, 1.165) is 16.2 Å². The van der Waals surface area contributed by atoms with Gasteiger partial charge in [0.25, 0.3) is 5.91 Å². The van der Waals surface area contributed by atoms with Gasteiger partial charge in [0.05, 0.1) is 11.4 Å². The Labute approximate surface area is 155 Å². The molecule has 132 valence electrons. The summed E-state index contributed by atoms with van der Waals surface area (Å²) in [4.78, 5) is 24.9. The van der Waals surface area contributed by atoms with Crippen molar-refractivity contribution in [3.8, 4) is 16.2 Å². The van der Waals surface area contributed by atoms with E-state index in [4.69, 9.17) is 10.5 Å². The minimum absolute atomic E-state index is 0.133. The molecule has 0 bridgehead atoms. The monoisotopic (exact) mass is 366 g/mol. The minimum Gasteiger partial charge on any atom is -0.492 e. The fourth-order valence-electron chi connectivity index (χ4n) is 2.35. The average molecular weight is 366 g/mol. The predicted molar refractivity (Wildman–Crippen MR) is 103 cm³/mol. The summed E-state index contributed by atoms with van der Waals surface area (Å²) >= 11 is 1.39. The summed E-state index contributed by atoms with van der Waals surface area (Å²) in [5, 5.41) is 2.84. The maximum Gasteiger partial charge on any atom is 0.261 e. The molecule has 0 atom stereocenters. The zero-order chi connectivity index (χ0) is 18.4. The number of ether oxygens (including phenoxy) is 1. The van der Waals surface area contributed by atoms with Gasteiger partial charge in [-0.2, -0.15) is 0 Å². The zero-order valence-electron chi connectivity index (χ0n) is 14.0. The van der Waals surface area contributed by atoms with Crippen molar-refractivity contribution < 1.29 is 14.3 Å². The van der Waals surface area contributed by atoms with Gasteiger partial charge < -0.3 is 15.8 Å². The second-order valence-corrected chi connectivity index (χ2v) is 6.61. The molecule has 0 saturated carbocycles. The van der Waals surface area contributed by atoms with Crippen molar-refractivity contribution in [2.24, 2.45) is 5.73 Å². The van der Waals surface area contributed by atoms with Gasteiger partial charge in [-0.05, 0) is 42.0 Å². The fraction of sp³-hybridized carbons (Fsp3) is 0.100. The van der Waals surface area contributed by atoms with Crippen LogP contribution < -0.4 is 15.8 Å². The smallest absolute Gasteiger partial charge is 0.261 e. The van der Waals surface area contributed by atoms with Crippen LogP contribution in [0.1, 0.15) is 20.0 Å². The maximum atomic E-state index is 12.2. The van der Waals surface area contributed by atoms with E-state index in [0.29, 0.717) is 23.6 Å². The molecule has 2 aromatic carbocycles. The van der Waals surface area contributed by atoms with Crippen LogP contribution in [0.3, 0.4) is 0 Å². The van der Waals surface area contributed by atoms with Crippen molar-refractivity contribution in [2.75, 3.05) is 13.2 Å². The normalized spacial score (nSPS) is 10.3. The van der Waals surface area contributed by atoms with E-state index in [-0.39, 0.29) is 5.91 Å². The number of nitrogens with one attached hydrogen (secondary N) is 1. The first-order valence-electron chi connectivity index (χ1n) is 8.09. The summed E-state index contributed by atoms with van der Waals surface area (Å²) in [6.45, 7) is 0.830. The molecule has 0 unspecified atom stereocenters. The Kier molecular flexibility index (Phi) is 5.66. The van der Waals surface area contributed by atoms with Crippen LogP contribution in [0.2, 0.25) is 0 Å². The Hall–Kier alpha value is -3.12. The van der Waals surface area contributed by atoms with Crippen LogP contribution in [0, 0.1) is 0 Å². The van der Waals surface area contributed by atoms with E-state index >= 15 is 0 Å². The summed E-state index contributed by atoms with van der Waals surface area (Å²) in [7, 11) is 0. The van der Waals surface area contributed by atoms with E-state index in [1.165, 1.54) is 11.3 Å². The van der Waals surface area contributed by atoms with Gasteiger partial charge in [-0.15, -0.1) is 11.3 Å². The number of rotatable bonds is 7. The van der Waals surface area contributed by atoms with Gasteiger partial charge in [-0.1, -0.05) is 30.3 Å². The number of para-hydroxylation sites is 1. The summed E-state index contributed by atoms with van der Waals surface area (Å²) in [5.74, 6) is 0.187. The molecule has 3 aromatic rings. The van der Waals surface area contributed by atoms with Gasteiger partial charge in [0.2, 0.25) is 5.91 Å². The topological polar surface area (TPSA) is 81.4 Å². The third kappa shape index (κ3) is 4.49. The highest BCUT2D eigenvalue weighted by Crippen LogP contribution is 2.28. The quantitative estimate of drug-likeness (QED) is 0.629. The number of amides is 2. The lowest BCUT2D eigenvalue weighted by molar-refractivity contribution is 0.0949. The molecule has 0 fully saturated rings. The van der Waals surface area contributed by atoms with Gasteiger partial charge in [0.15, 0.2) is 0 Å². The Balaban J connectivity index is 1.53. The van der Waals surface area contributed by atoms with Crippen molar-refractivity contribution in [1.29, 1.82) is 0 Å². The van der Waals surface area contributed by atoms with Crippen molar-refractivity contribution in [3.63, 3.8) is 0 Å². The van der Waals surface area contributed by atoms with Gasteiger partial charge in [0, 0.05) is 10.4 Å². The highest BCUT2D eigenvalue weighted by Gasteiger charge is 2.10. The van der Waals surface area contributed by atoms with Crippen molar-refractivity contribution >= 4 is 23.2 Å². The number of carbonyl (C=O) groups excluding carboxylic acids is 2. The number of nitrogens with two attached hydrogens (primary N) is 1. The minimum atomic E-state index is -0.458. The lowest BCUT2D eigenvalue weighted by Crippen LogP contribution is -2.27. The van der Waals surface area contributed by atoms with Crippen LogP contribution in [0.25, 0.3) is 10.4 Å². The number of hydrogen-bond donors (Lipinski definition) is 2. The number of thiophene rings is 1. The van der Waals surface area contributed by atoms with Crippen molar-refractivity contribution in [1.82, 2.24) is 5.32 Å². The molecule has 0 aliphatic carbocycles. The molecule has 3 rings (SSSR count). The molecule has 3 N–H and O–H groups in total. The van der Waals surface area contributed by atoms with Gasteiger partial charge in [-0.25, -0.2) is 0 Å². The first-order valence-corrected chi connectivity index (χ1v) is 8.91. The Morgan fingerprint density at radius 3 is 2.38 bits per heavy atom. The second kappa shape index (κ2) is 8.31. The largest absolute Gasteiger partial charge is 0.492 e. The Bertz CT molecular complexity index is 889. The highest BCUT2D eigenvalue weighted by molar-refractivity contribution is 7.17. The molecule has 0 spiro atoms. The van der Waals surface area contributed by atoms with Crippen LogP contribution in [0.15, 0.2) is 66.7 Å². The standard InChI is InChI=1S/C20H18N2O3S/c21-19(23)15-8-6-14(7-9-15)17-10-11-18(26-17)20(24)22-12-13-25-16-4-2-1-3-5-16/h1-11H,12-13H2,(H2,21,23)(H,22,24). The average Bonchev–Trinajstić information content (AvgIpc) is 3.16. The highest BCUT2D eigenvalue weighted by atomic mass is 32.1. The third-order valence-electron chi connectivity index (χ3n) is 3.68. The molecule has 1 aromatic heterocycles. The van der Waals surface area contributed by atoms with E-state index in [9.17, 15) is 9.59 Å². The molecular weight excluding hydrogens is 348 g/mol. The van der Waals surface area contributed by atoms with Crippen LogP contribution in [0.5, 0.6) is 5.75 Å². The summed E-state index contributed by atoms with van der Waals surface area (Å²) < 4.78 is 5.55. The predicted octanol–water partition coefficient (Wildman–Crippen LogP) is 3.32. The molecule has 2 amide bonds. The summed E-state index contributed by atoms with van der Waals surface area (Å²) in [6, 6.07) is 20.1. The lowest BCUT2D eigenvalue weighted by Gasteiger charge is -2.06. The van der Waals surface area contributed by atoms with E-state index in [1.54, 1.807) is 18.2 Å². The Morgan fingerprint density at radius 1 is 0.962 bits per heavy atom. The summed E-state index contributed by atoms with van der Waals surface area (Å²) in [5.41, 5.74) is 6.64. The lowest BCUT2D eigenvalue weighted by atomic mass is 10.1. The molecule has 1 heterocycles. The Morgan fingerprint density at radius 2 is 1.69 bits per heavy atom. The molecule has 26 heavy (non-hydrogen) atoms. The maximum absolute atomic E-state index is 12.2. The second-order valence-electron chi connectivity index (χ2n) is 5.52. The van der Waals surface area contributed by atoms with Gasteiger partial charge in [-0.3, -0.25) is 9.59 Å². The number of carbonyl (C=O) groups is 2. The molecule has 0 radical (unpaired) electrons. The molecular formula is C20H18N2O3S. The number of hydrogen-bond acceptors (Lipinski definition) is 4. The molecule has 5 nitrogen and oxygen atoms in total.